The molecule has 0 spiro atoms. The minimum atomic E-state index is -0.400. The number of anilines is 1. The summed E-state index contributed by atoms with van der Waals surface area (Å²) < 4.78 is 5.26. The highest BCUT2D eigenvalue weighted by Crippen LogP contribution is 2.33. The van der Waals surface area contributed by atoms with Gasteiger partial charge in [-0.3, -0.25) is 19.3 Å². The number of thioether (sulfide) groups is 1. The molecule has 0 aliphatic carbocycles. The lowest BCUT2D eigenvalue weighted by molar-refractivity contribution is -0.123. The average molecular weight is 382 g/mol. The number of rotatable bonds is 6. The van der Waals surface area contributed by atoms with Crippen LogP contribution in [0.1, 0.15) is 12.0 Å². The van der Waals surface area contributed by atoms with Crippen molar-refractivity contribution in [1.82, 2.24) is 4.90 Å². The molecule has 138 valence electrons. The van der Waals surface area contributed by atoms with Gasteiger partial charge >= 0.3 is 0 Å². The number of para-hydroxylation sites is 2. The van der Waals surface area contributed by atoms with Crippen molar-refractivity contribution < 1.29 is 19.1 Å². The summed E-state index contributed by atoms with van der Waals surface area (Å²) in [5, 5.41) is 2.35. The van der Waals surface area contributed by atoms with E-state index < -0.39 is 5.91 Å². The molecule has 7 heteroatoms. The number of hydrogen-bond acceptors (Lipinski definition) is 5. The van der Waals surface area contributed by atoms with Gasteiger partial charge in [0, 0.05) is 24.2 Å². The molecule has 2 aromatic carbocycles. The fourth-order valence-corrected chi connectivity index (χ4v) is 3.43. The maximum atomic E-state index is 12.5. The molecule has 0 atom stereocenters. The van der Waals surface area contributed by atoms with Crippen LogP contribution in [0.25, 0.3) is 6.08 Å². The SMILES string of the molecule is COc1ccccc1/C=C1\SC(=O)N(CCC(=O)Nc2ccccc2)C1=O. The Morgan fingerprint density at radius 2 is 1.81 bits per heavy atom. The minimum absolute atomic E-state index is 0.0343. The minimum Gasteiger partial charge on any atom is -0.496 e. The van der Waals surface area contributed by atoms with Gasteiger partial charge in [0.2, 0.25) is 5.91 Å². The first-order valence-corrected chi connectivity index (χ1v) is 9.13. The van der Waals surface area contributed by atoms with Gasteiger partial charge in [-0.2, -0.15) is 0 Å². The molecule has 1 N–H and O–H groups in total. The summed E-state index contributed by atoms with van der Waals surface area (Å²) in [5.41, 5.74) is 1.39. The second-order valence-corrected chi connectivity index (χ2v) is 6.73. The number of nitrogens with one attached hydrogen (secondary N) is 1. The number of benzene rings is 2. The summed E-state index contributed by atoms with van der Waals surface area (Å²) in [4.78, 5) is 38.2. The van der Waals surface area contributed by atoms with Crippen LogP contribution in [-0.2, 0) is 9.59 Å². The van der Waals surface area contributed by atoms with Gasteiger partial charge in [-0.25, -0.2) is 0 Å². The van der Waals surface area contributed by atoms with Crippen LogP contribution in [-0.4, -0.2) is 35.6 Å². The van der Waals surface area contributed by atoms with E-state index >= 15 is 0 Å². The van der Waals surface area contributed by atoms with Crippen LogP contribution in [0.4, 0.5) is 10.5 Å². The molecule has 1 fully saturated rings. The van der Waals surface area contributed by atoms with Gasteiger partial charge in [0.15, 0.2) is 0 Å². The summed E-state index contributed by atoms with van der Waals surface area (Å²) in [5.74, 6) is -0.0380. The molecule has 1 saturated heterocycles. The number of carbonyl (C=O) groups is 3. The normalized spacial score (nSPS) is 15.3. The van der Waals surface area contributed by atoms with Crippen molar-refractivity contribution >= 4 is 40.6 Å². The van der Waals surface area contributed by atoms with Crippen molar-refractivity contribution in [2.75, 3.05) is 19.0 Å². The summed E-state index contributed by atoms with van der Waals surface area (Å²) in [6, 6.07) is 16.3. The lowest BCUT2D eigenvalue weighted by Gasteiger charge is -2.12. The zero-order valence-corrected chi connectivity index (χ0v) is 15.5. The van der Waals surface area contributed by atoms with Gasteiger partial charge < -0.3 is 10.1 Å². The van der Waals surface area contributed by atoms with Crippen LogP contribution in [0, 0.1) is 0 Å². The molecule has 0 saturated carbocycles. The molecular weight excluding hydrogens is 364 g/mol. The third kappa shape index (κ3) is 4.57. The van der Waals surface area contributed by atoms with E-state index in [0.717, 1.165) is 16.7 Å². The maximum Gasteiger partial charge on any atom is 0.293 e. The Morgan fingerprint density at radius 3 is 2.56 bits per heavy atom. The summed E-state index contributed by atoms with van der Waals surface area (Å²) in [7, 11) is 1.55. The number of hydrogen-bond donors (Lipinski definition) is 1. The smallest absolute Gasteiger partial charge is 0.293 e. The molecule has 1 heterocycles. The van der Waals surface area contributed by atoms with Crippen molar-refractivity contribution in [2.45, 2.75) is 6.42 Å². The van der Waals surface area contributed by atoms with Gasteiger partial charge in [0.25, 0.3) is 11.1 Å². The van der Waals surface area contributed by atoms with Gasteiger partial charge in [-0.1, -0.05) is 36.4 Å². The number of carbonyl (C=O) groups excluding carboxylic acids is 3. The third-order valence-corrected chi connectivity index (χ3v) is 4.83. The van der Waals surface area contributed by atoms with Crippen LogP contribution in [0.3, 0.4) is 0 Å². The third-order valence-electron chi connectivity index (χ3n) is 3.92. The summed E-state index contributed by atoms with van der Waals surface area (Å²) in [6.07, 6.45) is 1.67. The zero-order valence-electron chi connectivity index (χ0n) is 14.7. The zero-order chi connectivity index (χ0) is 19.2. The van der Waals surface area contributed by atoms with E-state index in [9.17, 15) is 14.4 Å². The Bertz CT molecular complexity index is 896. The molecule has 0 radical (unpaired) electrons. The highest BCUT2D eigenvalue weighted by atomic mass is 32.2. The lowest BCUT2D eigenvalue weighted by Crippen LogP contribution is -2.31. The van der Waals surface area contributed by atoms with Crippen molar-refractivity contribution in [3.63, 3.8) is 0 Å². The van der Waals surface area contributed by atoms with Gasteiger partial charge in [-0.15, -0.1) is 0 Å². The second-order valence-electron chi connectivity index (χ2n) is 5.74. The molecule has 3 rings (SSSR count). The lowest BCUT2D eigenvalue weighted by atomic mass is 10.2. The number of methoxy groups -OCH3 is 1. The molecule has 1 aliphatic heterocycles. The first-order valence-electron chi connectivity index (χ1n) is 8.32. The first kappa shape index (κ1) is 18.7. The summed E-state index contributed by atoms with van der Waals surface area (Å²) >= 11 is 0.863. The van der Waals surface area contributed by atoms with E-state index in [-0.39, 0.29) is 24.1 Å². The Morgan fingerprint density at radius 1 is 1.11 bits per heavy atom. The topological polar surface area (TPSA) is 75.7 Å². The molecule has 2 aromatic rings. The van der Waals surface area contributed by atoms with E-state index in [0.29, 0.717) is 21.9 Å². The van der Waals surface area contributed by atoms with E-state index in [1.54, 1.807) is 37.5 Å². The average Bonchev–Trinajstić information content (AvgIpc) is 2.94. The number of nitrogens with zero attached hydrogens (tertiary/aromatic N) is 1. The van der Waals surface area contributed by atoms with E-state index in [1.165, 1.54) is 0 Å². The van der Waals surface area contributed by atoms with Crippen molar-refractivity contribution in [3.8, 4) is 5.75 Å². The fourth-order valence-electron chi connectivity index (χ4n) is 2.58. The quantitative estimate of drug-likeness (QED) is 0.770. The molecular formula is C20H18N2O4S. The monoisotopic (exact) mass is 382 g/mol. The van der Waals surface area contributed by atoms with Gasteiger partial charge in [-0.05, 0) is 36.0 Å². The van der Waals surface area contributed by atoms with Crippen LogP contribution < -0.4 is 10.1 Å². The molecule has 0 aromatic heterocycles. The Kier molecular flexibility index (Phi) is 5.93. The molecule has 0 unspecified atom stereocenters. The van der Waals surface area contributed by atoms with Crippen LogP contribution >= 0.6 is 11.8 Å². The van der Waals surface area contributed by atoms with E-state index in [2.05, 4.69) is 5.32 Å². The summed E-state index contributed by atoms with van der Waals surface area (Å²) in [6.45, 7) is 0.0343. The van der Waals surface area contributed by atoms with Crippen molar-refractivity contribution in [2.24, 2.45) is 0 Å². The standard InChI is InChI=1S/C20H18N2O4S/c1-26-16-10-6-5-7-14(16)13-17-19(24)22(20(25)27-17)12-11-18(23)21-15-8-3-2-4-9-15/h2-10,13H,11-12H2,1H3,(H,21,23)/b17-13-. The Balaban J connectivity index is 1.64. The highest BCUT2D eigenvalue weighted by molar-refractivity contribution is 8.18. The Labute approximate surface area is 161 Å². The number of amides is 3. The van der Waals surface area contributed by atoms with E-state index in [4.69, 9.17) is 4.74 Å². The molecule has 27 heavy (non-hydrogen) atoms. The molecule has 3 amide bonds. The van der Waals surface area contributed by atoms with Crippen LogP contribution in [0.2, 0.25) is 0 Å². The van der Waals surface area contributed by atoms with Gasteiger partial charge in [0.05, 0.1) is 12.0 Å². The van der Waals surface area contributed by atoms with Crippen molar-refractivity contribution in [3.05, 3.63) is 65.1 Å². The van der Waals surface area contributed by atoms with Crippen LogP contribution in [0.15, 0.2) is 59.5 Å². The second kappa shape index (κ2) is 8.55. The molecule has 6 nitrogen and oxygen atoms in total. The van der Waals surface area contributed by atoms with E-state index in [1.807, 2.05) is 30.3 Å². The fraction of sp³-hybridized carbons (Fsp3) is 0.150. The van der Waals surface area contributed by atoms with Crippen molar-refractivity contribution in [1.29, 1.82) is 0 Å². The number of ether oxygens (including phenoxy) is 1. The Hall–Kier alpha value is -3.06. The predicted molar refractivity (Wildman–Crippen MR) is 105 cm³/mol. The van der Waals surface area contributed by atoms with Crippen LogP contribution in [0.5, 0.6) is 5.75 Å². The molecule has 1 aliphatic rings. The highest BCUT2D eigenvalue weighted by Gasteiger charge is 2.35. The number of imide groups is 1. The largest absolute Gasteiger partial charge is 0.496 e. The first-order chi connectivity index (χ1) is 13.1. The molecule has 0 bridgehead atoms. The maximum absolute atomic E-state index is 12.5. The van der Waals surface area contributed by atoms with Gasteiger partial charge in [0.1, 0.15) is 5.75 Å². The predicted octanol–water partition coefficient (Wildman–Crippen LogP) is 3.76.